The molecule has 6 heteroatoms. The second-order valence-electron chi connectivity index (χ2n) is 4.61. The number of likely N-dealkylation sites (tertiary alicyclic amines) is 1. The van der Waals surface area contributed by atoms with Crippen LogP contribution >= 0.6 is 0 Å². The van der Waals surface area contributed by atoms with Crippen LogP contribution in [0.3, 0.4) is 0 Å². The zero-order valence-electron chi connectivity index (χ0n) is 10.1. The first-order valence-electron chi connectivity index (χ1n) is 5.82. The largest absolute Gasteiger partial charge is 0.481 e. The third-order valence-corrected chi connectivity index (χ3v) is 3.28. The Morgan fingerprint density at radius 2 is 2.41 bits per heavy atom. The molecule has 1 aliphatic heterocycles. The monoisotopic (exact) mass is 239 g/mol. The van der Waals surface area contributed by atoms with E-state index in [1.54, 1.807) is 6.92 Å². The second kappa shape index (κ2) is 4.83. The fourth-order valence-corrected chi connectivity index (χ4v) is 2.27. The Morgan fingerprint density at radius 1 is 1.65 bits per heavy atom. The molecule has 0 aliphatic carbocycles. The average Bonchev–Trinajstić information content (AvgIpc) is 2.67. The lowest BCUT2D eigenvalue weighted by molar-refractivity contribution is -0.144. The zero-order chi connectivity index (χ0) is 12.4. The number of carbonyl (C=O) groups is 1. The molecule has 1 saturated heterocycles. The van der Waals surface area contributed by atoms with Crippen LogP contribution in [0.5, 0.6) is 0 Å². The third kappa shape index (κ3) is 2.82. The van der Waals surface area contributed by atoms with Crippen molar-refractivity contribution in [3.05, 3.63) is 11.7 Å². The van der Waals surface area contributed by atoms with E-state index < -0.39 is 5.97 Å². The minimum absolute atomic E-state index is 0.215. The lowest BCUT2D eigenvalue weighted by Crippen LogP contribution is -2.42. The molecule has 1 aromatic rings. The number of piperidine rings is 1. The van der Waals surface area contributed by atoms with Gasteiger partial charge in [0.15, 0.2) is 5.82 Å². The number of hydrogen-bond acceptors (Lipinski definition) is 5. The molecule has 17 heavy (non-hydrogen) atoms. The quantitative estimate of drug-likeness (QED) is 0.849. The molecular weight excluding hydrogens is 222 g/mol. The summed E-state index contributed by atoms with van der Waals surface area (Å²) in [5, 5.41) is 12.8. The number of hydrogen-bond donors (Lipinski definition) is 1. The van der Waals surface area contributed by atoms with Crippen molar-refractivity contribution >= 4 is 5.97 Å². The van der Waals surface area contributed by atoms with Crippen LogP contribution in [0.25, 0.3) is 0 Å². The fourth-order valence-electron chi connectivity index (χ4n) is 2.27. The smallest absolute Gasteiger partial charge is 0.306 e. The maximum absolute atomic E-state index is 10.9. The Balaban J connectivity index is 1.93. The summed E-state index contributed by atoms with van der Waals surface area (Å²) in [6.07, 6.45) is 1.38. The molecule has 1 N–H and O–H groups in total. The number of rotatable bonds is 3. The standard InChI is InChI=1S/C11H17N3O3/c1-7-5-9(11(15)16)3-4-14(7)6-10-12-8(2)17-13-10/h7,9H,3-6H2,1-2H3,(H,15,16). The van der Waals surface area contributed by atoms with E-state index in [2.05, 4.69) is 15.0 Å². The summed E-state index contributed by atoms with van der Waals surface area (Å²) in [4.78, 5) is 17.3. The number of carboxylic acids is 1. The van der Waals surface area contributed by atoms with Gasteiger partial charge in [-0.1, -0.05) is 5.16 Å². The van der Waals surface area contributed by atoms with Gasteiger partial charge in [-0.05, 0) is 26.3 Å². The van der Waals surface area contributed by atoms with Crippen molar-refractivity contribution in [2.45, 2.75) is 39.3 Å². The third-order valence-electron chi connectivity index (χ3n) is 3.28. The lowest BCUT2D eigenvalue weighted by Gasteiger charge is -2.35. The maximum Gasteiger partial charge on any atom is 0.306 e. The molecule has 0 amide bonds. The molecule has 0 radical (unpaired) electrons. The Hall–Kier alpha value is -1.43. The van der Waals surface area contributed by atoms with Crippen molar-refractivity contribution in [1.29, 1.82) is 0 Å². The van der Waals surface area contributed by atoms with E-state index >= 15 is 0 Å². The summed E-state index contributed by atoms with van der Waals surface area (Å²) in [6, 6.07) is 0.239. The van der Waals surface area contributed by atoms with Crippen LogP contribution in [-0.4, -0.2) is 38.7 Å². The van der Waals surface area contributed by atoms with Crippen LogP contribution in [0, 0.1) is 12.8 Å². The lowest BCUT2D eigenvalue weighted by atomic mass is 9.92. The van der Waals surface area contributed by atoms with Gasteiger partial charge in [-0.25, -0.2) is 0 Å². The van der Waals surface area contributed by atoms with E-state index in [1.165, 1.54) is 0 Å². The SMILES string of the molecule is Cc1nc(CN2CCC(C(=O)O)CC2C)no1. The van der Waals surface area contributed by atoms with Crippen LogP contribution in [0.1, 0.15) is 31.5 Å². The number of aryl methyl sites for hydroxylation is 1. The van der Waals surface area contributed by atoms with E-state index in [4.69, 9.17) is 9.63 Å². The summed E-state index contributed by atoms with van der Waals surface area (Å²) in [7, 11) is 0. The Kier molecular flexibility index (Phi) is 3.42. The van der Waals surface area contributed by atoms with Gasteiger partial charge in [0.05, 0.1) is 12.5 Å². The number of nitrogens with zero attached hydrogens (tertiary/aromatic N) is 3. The van der Waals surface area contributed by atoms with Gasteiger partial charge in [0, 0.05) is 13.0 Å². The summed E-state index contributed by atoms with van der Waals surface area (Å²) in [6.45, 7) is 5.20. The van der Waals surface area contributed by atoms with Crippen LogP contribution in [0.2, 0.25) is 0 Å². The van der Waals surface area contributed by atoms with Crippen LogP contribution in [0.15, 0.2) is 4.52 Å². The molecule has 94 valence electrons. The molecule has 0 saturated carbocycles. The van der Waals surface area contributed by atoms with Crippen molar-refractivity contribution in [2.24, 2.45) is 5.92 Å². The fraction of sp³-hybridized carbons (Fsp3) is 0.727. The minimum Gasteiger partial charge on any atom is -0.481 e. The predicted molar refractivity (Wildman–Crippen MR) is 59.3 cm³/mol. The molecule has 6 nitrogen and oxygen atoms in total. The van der Waals surface area contributed by atoms with E-state index in [0.717, 1.165) is 6.54 Å². The highest BCUT2D eigenvalue weighted by Gasteiger charge is 2.30. The molecule has 1 aromatic heterocycles. The molecular formula is C11H17N3O3. The van der Waals surface area contributed by atoms with Gasteiger partial charge in [0.2, 0.25) is 5.89 Å². The summed E-state index contributed by atoms with van der Waals surface area (Å²) in [5.41, 5.74) is 0. The molecule has 2 atom stereocenters. The van der Waals surface area contributed by atoms with Crippen molar-refractivity contribution in [2.75, 3.05) is 6.54 Å². The number of carboxylic acid groups (broad SMARTS) is 1. The van der Waals surface area contributed by atoms with Crippen molar-refractivity contribution in [3.63, 3.8) is 0 Å². The normalized spacial score (nSPS) is 26.0. The molecule has 0 spiro atoms. The van der Waals surface area contributed by atoms with E-state index in [0.29, 0.717) is 31.1 Å². The van der Waals surface area contributed by atoms with E-state index in [1.807, 2.05) is 6.92 Å². The van der Waals surface area contributed by atoms with Gasteiger partial charge in [-0.2, -0.15) is 4.98 Å². The van der Waals surface area contributed by atoms with Gasteiger partial charge in [-0.15, -0.1) is 0 Å². The van der Waals surface area contributed by atoms with Crippen LogP contribution in [-0.2, 0) is 11.3 Å². The van der Waals surface area contributed by atoms with E-state index in [9.17, 15) is 4.79 Å². The van der Waals surface area contributed by atoms with Crippen molar-refractivity contribution < 1.29 is 14.4 Å². The second-order valence-corrected chi connectivity index (χ2v) is 4.61. The highest BCUT2D eigenvalue weighted by molar-refractivity contribution is 5.70. The first-order valence-corrected chi connectivity index (χ1v) is 5.82. The van der Waals surface area contributed by atoms with Gasteiger partial charge in [-0.3, -0.25) is 9.69 Å². The highest BCUT2D eigenvalue weighted by Crippen LogP contribution is 2.23. The topological polar surface area (TPSA) is 79.5 Å². The Bertz CT molecular complexity index is 404. The molecule has 0 bridgehead atoms. The Morgan fingerprint density at radius 3 is 2.94 bits per heavy atom. The number of aliphatic carboxylic acids is 1. The summed E-state index contributed by atoms with van der Waals surface area (Å²) in [5.74, 6) is 0.330. The summed E-state index contributed by atoms with van der Waals surface area (Å²) >= 11 is 0. The average molecular weight is 239 g/mol. The minimum atomic E-state index is -0.688. The highest BCUT2D eigenvalue weighted by atomic mass is 16.5. The maximum atomic E-state index is 10.9. The molecule has 2 rings (SSSR count). The molecule has 1 fully saturated rings. The molecule has 2 unspecified atom stereocenters. The number of aromatic nitrogens is 2. The van der Waals surface area contributed by atoms with Crippen LogP contribution < -0.4 is 0 Å². The molecule has 1 aliphatic rings. The van der Waals surface area contributed by atoms with Gasteiger partial charge < -0.3 is 9.63 Å². The molecule has 2 heterocycles. The van der Waals surface area contributed by atoms with Gasteiger partial charge in [0.1, 0.15) is 0 Å². The predicted octanol–water partition coefficient (Wildman–Crippen LogP) is 1.06. The van der Waals surface area contributed by atoms with E-state index in [-0.39, 0.29) is 12.0 Å². The van der Waals surface area contributed by atoms with Gasteiger partial charge >= 0.3 is 5.97 Å². The van der Waals surface area contributed by atoms with Crippen molar-refractivity contribution in [1.82, 2.24) is 15.0 Å². The summed E-state index contributed by atoms with van der Waals surface area (Å²) < 4.78 is 4.92. The van der Waals surface area contributed by atoms with Crippen molar-refractivity contribution in [3.8, 4) is 0 Å². The van der Waals surface area contributed by atoms with Crippen LogP contribution in [0.4, 0.5) is 0 Å². The molecule has 0 aromatic carbocycles. The Labute approximate surface area is 99.6 Å². The zero-order valence-corrected chi connectivity index (χ0v) is 10.1. The first-order chi connectivity index (χ1) is 8.06. The van der Waals surface area contributed by atoms with Gasteiger partial charge in [0.25, 0.3) is 0 Å². The first kappa shape index (κ1) is 12.0.